The average molecular weight is 333 g/mol. The highest BCUT2D eigenvalue weighted by molar-refractivity contribution is 7.85. The minimum atomic E-state index is -1.22. The predicted octanol–water partition coefficient (Wildman–Crippen LogP) is 3.59. The molecule has 1 atom stereocenters. The number of nitriles is 1. The van der Waals surface area contributed by atoms with Crippen LogP contribution in [0.5, 0.6) is 0 Å². The lowest BCUT2D eigenvalue weighted by Gasteiger charge is -2.10. The Morgan fingerprint density at radius 3 is 2.68 bits per heavy atom. The third kappa shape index (κ3) is 3.53. The lowest BCUT2D eigenvalue weighted by atomic mass is 10.2. The van der Waals surface area contributed by atoms with Gasteiger partial charge >= 0.3 is 0 Å². The van der Waals surface area contributed by atoms with E-state index in [9.17, 15) is 9.00 Å². The van der Waals surface area contributed by atoms with Crippen molar-refractivity contribution >= 4 is 34.0 Å². The van der Waals surface area contributed by atoms with E-state index >= 15 is 0 Å². The van der Waals surface area contributed by atoms with Crippen LogP contribution in [0.2, 0.25) is 5.02 Å². The Balaban J connectivity index is 2.29. The van der Waals surface area contributed by atoms with Crippen molar-refractivity contribution in [3.8, 4) is 6.07 Å². The van der Waals surface area contributed by atoms with Gasteiger partial charge < -0.3 is 5.32 Å². The maximum absolute atomic E-state index is 12.4. The van der Waals surface area contributed by atoms with E-state index in [1.54, 1.807) is 37.3 Å². The SMILES string of the molecule is CC[S@](=O)c1ccccc1C(=O)Nc1ccc(C#N)c(Cl)c1. The summed E-state index contributed by atoms with van der Waals surface area (Å²) in [5, 5.41) is 11.8. The first kappa shape index (κ1) is 16.2. The molecule has 0 saturated carbocycles. The normalized spacial score (nSPS) is 11.5. The molecule has 2 aromatic rings. The number of carbonyl (C=O) groups excluding carboxylic acids is 1. The van der Waals surface area contributed by atoms with Gasteiger partial charge in [-0.25, -0.2) is 0 Å². The molecule has 2 aromatic carbocycles. The second-order valence-corrected chi connectivity index (χ2v) is 6.51. The topological polar surface area (TPSA) is 70.0 Å². The third-order valence-corrected chi connectivity index (χ3v) is 4.67. The van der Waals surface area contributed by atoms with E-state index in [2.05, 4.69) is 5.32 Å². The minimum Gasteiger partial charge on any atom is -0.322 e. The van der Waals surface area contributed by atoms with Gasteiger partial charge in [-0.2, -0.15) is 5.26 Å². The number of benzene rings is 2. The van der Waals surface area contributed by atoms with Gasteiger partial charge in [-0.1, -0.05) is 30.7 Å². The molecule has 112 valence electrons. The number of halogens is 1. The molecule has 0 aliphatic carbocycles. The van der Waals surface area contributed by atoms with Gasteiger partial charge in [-0.15, -0.1) is 0 Å². The van der Waals surface area contributed by atoms with E-state index in [4.69, 9.17) is 16.9 Å². The Hall–Kier alpha value is -2.16. The molecule has 0 bridgehead atoms. The van der Waals surface area contributed by atoms with Crippen LogP contribution < -0.4 is 5.32 Å². The molecular formula is C16H13ClN2O2S. The molecule has 2 rings (SSSR count). The monoisotopic (exact) mass is 332 g/mol. The number of nitrogens with one attached hydrogen (secondary N) is 1. The van der Waals surface area contributed by atoms with Crippen LogP contribution in [0, 0.1) is 11.3 Å². The highest BCUT2D eigenvalue weighted by atomic mass is 35.5. The molecule has 1 N–H and O–H groups in total. The van der Waals surface area contributed by atoms with Gasteiger partial charge in [0.25, 0.3) is 5.91 Å². The van der Waals surface area contributed by atoms with Gasteiger partial charge in [0.1, 0.15) is 6.07 Å². The van der Waals surface area contributed by atoms with Crippen molar-refractivity contribution in [2.45, 2.75) is 11.8 Å². The standard InChI is InChI=1S/C16H13ClN2O2S/c1-2-22(21)15-6-4-3-5-13(15)16(20)19-12-8-7-11(10-18)14(17)9-12/h3-9H,2H2,1H3,(H,19,20)/t22-/m0/s1. The van der Waals surface area contributed by atoms with Crippen LogP contribution in [0.4, 0.5) is 5.69 Å². The first-order valence-corrected chi connectivity index (χ1v) is 8.25. The van der Waals surface area contributed by atoms with E-state index in [-0.39, 0.29) is 10.9 Å². The molecule has 0 radical (unpaired) electrons. The van der Waals surface area contributed by atoms with Crippen LogP contribution in [0.3, 0.4) is 0 Å². The third-order valence-electron chi connectivity index (χ3n) is 2.99. The Kier molecular flexibility index (Phi) is 5.31. The fourth-order valence-corrected chi connectivity index (χ4v) is 3.06. The van der Waals surface area contributed by atoms with Crippen molar-refractivity contribution in [1.29, 1.82) is 5.26 Å². The van der Waals surface area contributed by atoms with Crippen LogP contribution in [-0.2, 0) is 10.8 Å². The number of amides is 1. The zero-order chi connectivity index (χ0) is 16.1. The van der Waals surface area contributed by atoms with Crippen molar-refractivity contribution in [2.75, 3.05) is 11.1 Å². The van der Waals surface area contributed by atoms with Crippen molar-refractivity contribution in [2.24, 2.45) is 0 Å². The second kappa shape index (κ2) is 7.21. The zero-order valence-electron chi connectivity index (χ0n) is 11.8. The summed E-state index contributed by atoms with van der Waals surface area (Å²) in [6.45, 7) is 1.80. The summed E-state index contributed by atoms with van der Waals surface area (Å²) < 4.78 is 12.0. The van der Waals surface area contributed by atoms with Gasteiger partial charge in [0.2, 0.25) is 0 Å². The summed E-state index contributed by atoms with van der Waals surface area (Å²) in [5.74, 6) is 0.0747. The lowest BCUT2D eigenvalue weighted by Crippen LogP contribution is -2.15. The van der Waals surface area contributed by atoms with Gasteiger partial charge in [0.15, 0.2) is 0 Å². The molecule has 1 amide bonds. The summed E-state index contributed by atoms with van der Waals surface area (Å²) in [4.78, 5) is 12.9. The van der Waals surface area contributed by atoms with Gasteiger partial charge in [0, 0.05) is 11.4 Å². The van der Waals surface area contributed by atoms with E-state index in [0.717, 1.165) is 0 Å². The van der Waals surface area contributed by atoms with Crippen molar-refractivity contribution in [3.05, 3.63) is 58.6 Å². The van der Waals surface area contributed by atoms with Crippen LogP contribution in [0.25, 0.3) is 0 Å². The Bertz CT molecular complexity index is 784. The van der Waals surface area contributed by atoms with Crippen LogP contribution in [0.15, 0.2) is 47.4 Å². The molecule has 0 aliphatic heterocycles. The first-order valence-electron chi connectivity index (χ1n) is 6.55. The van der Waals surface area contributed by atoms with Gasteiger partial charge in [-0.3, -0.25) is 9.00 Å². The molecule has 0 fully saturated rings. The summed E-state index contributed by atoms with van der Waals surface area (Å²) in [7, 11) is -1.22. The number of anilines is 1. The quantitative estimate of drug-likeness (QED) is 0.930. The van der Waals surface area contributed by atoms with Crippen LogP contribution >= 0.6 is 11.6 Å². The lowest BCUT2D eigenvalue weighted by molar-refractivity contribution is 0.102. The molecule has 0 aromatic heterocycles. The van der Waals surface area contributed by atoms with Crippen LogP contribution in [0.1, 0.15) is 22.8 Å². The predicted molar refractivity (Wildman–Crippen MR) is 87.5 cm³/mol. The van der Waals surface area contributed by atoms with Gasteiger partial charge in [0.05, 0.1) is 31.8 Å². The molecule has 0 aliphatic rings. The smallest absolute Gasteiger partial charge is 0.256 e. The minimum absolute atomic E-state index is 0.269. The first-order chi connectivity index (χ1) is 10.6. The Morgan fingerprint density at radius 1 is 1.32 bits per heavy atom. The van der Waals surface area contributed by atoms with E-state index in [0.29, 0.717) is 27.5 Å². The average Bonchev–Trinajstić information content (AvgIpc) is 2.54. The maximum atomic E-state index is 12.4. The molecule has 0 heterocycles. The van der Waals surface area contributed by atoms with Crippen molar-refractivity contribution in [1.82, 2.24) is 0 Å². The molecule has 0 spiro atoms. The summed E-state index contributed by atoms with van der Waals surface area (Å²) in [6, 6.07) is 13.4. The number of hydrogen-bond acceptors (Lipinski definition) is 3. The zero-order valence-corrected chi connectivity index (χ0v) is 13.4. The molecule has 22 heavy (non-hydrogen) atoms. The molecule has 4 nitrogen and oxygen atoms in total. The van der Waals surface area contributed by atoms with Crippen LogP contribution in [-0.4, -0.2) is 15.9 Å². The summed E-state index contributed by atoms with van der Waals surface area (Å²) in [6.07, 6.45) is 0. The van der Waals surface area contributed by atoms with E-state index < -0.39 is 10.8 Å². The Labute approximate surface area is 136 Å². The fourth-order valence-electron chi connectivity index (χ4n) is 1.89. The molecule has 6 heteroatoms. The van der Waals surface area contributed by atoms with Gasteiger partial charge in [-0.05, 0) is 30.3 Å². The molecule has 0 unspecified atom stereocenters. The summed E-state index contributed by atoms with van der Waals surface area (Å²) >= 11 is 5.94. The molecule has 0 saturated heterocycles. The number of nitrogens with zero attached hydrogens (tertiary/aromatic N) is 1. The summed E-state index contributed by atoms with van der Waals surface area (Å²) in [5.41, 5.74) is 1.18. The van der Waals surface area contributed by atoms with E-state index in [1.165, 1.54) is 12.1 Å². The van der Waals surface area contributed by atoms with Crippen molar-refractivity contribution < 1.29 is 9.00 Å². The van der Waals surface area contributed by atoms with E-state index in [1.807, 2.05) is 6.07 Å². The van der Waals surface area contributed by atoms with Crippen molar-refractivity contribution in [3.63, 3.8) is 0 Å². The molecular weight excluding hydrogens is 320 g/mol. The maximum Gasteiger partial charge on any atom is 0.256 e. The highest BCUT2D eigenvalue weighted by Crippen LogP contribution is 2.22. The number of hydrogen-bond donors (Lipinski definition) is 1. The fraction of sp³-hybridized carbons (Fsp3) is 0.125. The second-order valence-electron chi connectivity index (χ2n) is 4.39. The number of rotatable bonds is 4. The highest BCUT2D eigenvalue weighted by Gasteiger charge is 2.15. The number of carbonyl (C=O) groups is 1. The largest absolute Gasteiger partial charge is 0.322 e. The Morgan fingerprint density at radius 2 is 2.05 bits per heavy atom.